The number of carbonyl (C=O) groups excluding carboxylic acids is 1. The fourth-order valence-electron chi connectivity index (χ4n) is 6.87. The molecule has 166 valence electrons. The normalized spacial score (nSPS) is 30.6. The van der Waals surface area contributed by atoms with Crippen molar-refractivity contribution in [1.82, 2.24) is 24.5 Å². The second kappa shape index (κ2) is 7.27. The first-order chi connectivity index (χ1) is 15.4. The van der Waals surface area contributed by atoms with Gasteiger partial charge in [-0.15, -0.1) is 5.10 Å². The maximum atomic E-state index is 13.6. The molecular formula is C24H27BrN6O. The fraction of sp³-hybridized carbons (Fsp3) is 0.500. The van der Waals surface area contributed by atoms with Gasteiger partial charge in [-0.25, -0.2) is 9.67 Å². The molecule has 7 nitrogen and oxygen atoms in total. The summed E-state index contributed by atoms with van der Waals surface area (Å²) in [7, 11) is 0. The third-order valence-electron chi connectivity index (χ3n) is 7.81. The average Bonchev–Trinajstić information content (AvgIpc) is 3.38. The minimum Gasteiger partial charge on any atom is -0.309 e. The van der Waals surface area contributed by atoms with Crippen LogP contribution in [0.3, 0.4) is 0 Å². The van der Waals surface area contributed by atoms with Crippen molar-refractivity contribution in [2.75, 3.05) is 5.32 Å². The van der Waals surface area contributed by atoms with Crippen molar-refractivity contribution < 1.29 is 4.79 Å². The highest BCUT2D eigenvalue weighted by molar-refractivity contribution is 9.10. The molecule has 4 saturated carbocycles. The van der Waals surface area contributed by atoms with Gasteiger partial charge in [-0.05, 0) is 78.8 Å². The summed E-state index contributed by atoms with van der Waals surface area (Å²) >= 11 is 3.39. The minimum absolute atomic E-state index is 0.0920. The predicted octanol–water partition coefficient (Wildman–Crippen LogP) is 4.53. The lowest BCUT2D eigenvalue weighted by Gasteiger charge is -2.60. The monoisotopic (exact) mass is 494 g/mol. The first kappa shape index (κ1) is 20.1. The largest absolute Gasteiger partial charge is 0.309 e. The summed E-state index contributed by atoms with van der Waals surface area (Å²) in [5, 5.41) is 12.4. The van der Waals surface area contributed by atoms with Gasteiger partial charge < -0.3 is 5.32 Å². The lowest BCUT2D eigenvalue weighted by Crippen LogP contribution is -2.60. The van der Waals surface area contributed by atoms with Crippen molar-refractivity contribution in [1.29, 1.82) is 0 Å². The summed E-state index contributed by atoms with van der Waals surface area (Å²) in [6, 6.07) is 10.4. The Kier molecular flexibility index (Phi) is 4.58. The number of aryl methyl sites for hydroxylation is 1. The molecule has 3 aromatic rings. The molecule has 4 aliphatic carbocycles. The lowest BCUT2D eigenvalue weighted by atomic mass is 9.46. The molecule has 1 N–H and O–H groups in total. The van der Waals surface area contributed by atoms with Crippen molar-refractivity contribution >= 4 is 27.7 Å². The van der Waals surface area contributed by atoms with Crippen molar-refractivity contribution in [2.24, 2.45) is 17.3 Å². The van der Waals surface area contributed by atoms with Gasteiger partial charge in [0.1, 0.15) is 6.33 Å². The van der Waals surface area contributed by atoms with Crippen molar-refractivity contribution in [2.45, 2.75) is 57.5 Å². The van der Waals surface area contributed by atoms with Gasteiger partial charge in [0, 0.05) is 12.3 Å². The zero-order valence-corrected chi connectivity index (χ0v) is 19.8. The van der Waals surface area contributed by atoms with Gasteiger partial charge >= 0.3 is 0 Å². The highest BCUT2D eigenvalue weighted by atomic mass is 79.9. The molecule has 0 aliphatic heterocycles. The minimum atomic E-state index is -0.344. The second-order valence-corrected chi connectivity index (χ2v) is 11.0. The van der Waals surface area contributed by atoms with Crippen LogP contribution in [0.5, 0.6) is 0 Å². The summed E-state index contributed by atoms with van der Waals surface area (Å²) in [5.41, 5.74) is 2.00. The van der Waals surface area contributed by atoms with Gasteiger partial charge in [0.15, 0.2) is 5.82 Å². The Hall–Kier alpha value is -2.48. The van der Waals surface area contributed by atoms with Gasteiger partial charge in [0.25, 0.3) is 0 Å². The summed E-state index contributed by atoms with van der Waals surface area (Å²) in [6.07, 6.45) is 9.96. The van der Waals surface area contributed by atoms with Crippen molar-refractivity contribution in [3.8, 4) is 0 Å². The van der Waals surface area contributed by atoms with Crippen LogP contribution in [0.4, 0.5) is 5.82 Å². The zero-order chi connectivity index (χ0) is 21.9. The van der Waals surface area contributed by atoms with E-state index in [1.54, 1.807) is 0 Å². The van der Waals surface area contributed by atoms with Crippen LogP contribution in [0.2, 0.25) is 0 Å². The zero-order valence-electron chi connectivity index (χ0n) is 18.2. The quantitative estimate of drug-likeness (QED) is 0.565. The van der Waals surface area contributed by atoms with Crippen LogP contribution < -0.4 is 5.32 Å². The van der Waals surface area contributed by atoms with Gasteiger partial charge in [-0.1, -0.05) is 29.8 Å². The number of hydrogen-bond donors (Lipinski definition) is 1. The number of rotatable bonds is 5. The van der Waals surface area contributed by atoms with Gasteiger partial charge in [0.2, 0.25) is 10.6 Å². The number of benzene rings is 1. The van der Waals surface area contributed by atoms with Crippen LogP contribution in [-0.4, -0.2) is 30.5 Å². The SMILES string of the molecule is Cc1ccc(Cn2ccc(NC(=O)C34CC5CC(C3)CC(n3cnc(Br)n3)(C5)C4)n2)cc1. The van der Waals surface area contributed by atoms with Crippen LogP contribution in [0, 0.1) is 24.2 Å². The van der Waals surface area contributed by atoms with E-state index in [9.17, 15) is 4.79 Å². The second-order valence-electron chi connectivity index (χ2n) is 10.3. The fourth-order valence-corrected chi connectivity index (χ4v) is 7.13. The summed E-state index contributed by atoms with van der Waals surface area (Å²) in [6.45, 7) is 2.78. The Morgan fingerprint density at radius 1 is 1.12 bits per heavy atom. The highest BCUT2D eigenvalue weighted by Gasteiger charge is 2.61. The molecule has 1 amide bonds. The third kappa shape index (κ3) is 3.39. The van der Waals surface area contributed by atoms with Crippen LogP contribution in [-0.2, 0) is 16.9 Å². The molecule has 2 aromatic heterocycles. The maximum Gasteiger partial charge on any atom is 0.231 e. The highest BCUT2D eigenvalue weighted by Crippen LogP contribution is 2.64. The topological polar surface area (TPSA) is 77.6 Å². The molecule has 2 unspecified atom stereocenters. The van der Waals surface area contributed by atoms with E-state index in [1.165, 1.54) is 17.5 Å². The number of nitrogens with zero attached hydrogens (tertiary/aromatic N) is 5. The van der Waals surface area contributed by atoms with E-state index in [1.807, 2.05) is 28.0 Å². The first-order valence-corrected chi connectivity index (χ1v) is 12.2. The molecule has 4 aliphatic rings. The Balaban J connectivity index is 1.21. The smallest absolute Gasteiger partial charge is 0.231 e. The summed E-state index contributed by atoms with van der Waals surface area (Å²) in [5.74, 6) is 1.90. The molecule has 0 saturated heterocycles. The number of amides is 1. The number of carbonyl (C=O) groups is 1. The summed E-state index contributed by atoms with van der Waals surface area (Å²) in [4.78, 5) is 17.9. The van der Waals surface area contributed by atoms with E-state index in [0.29, 0.717) is 28.9 Å². The number of nitrogens with one attached hydrogen (secondary N) is 1. The molecule has 7 rings (SSSR count). The molecule has 32 heavy (non-hydrogen) atoms. The van der Waals surface area contributed by atoms with Gasteiger partial charge in [0.05, 0.1) is 17.5 Å². The predicted molar refractivity (Wildman–Crippen MR) is 124 cm³/mol. The van der Waals surface area contributed by atoms with Crippen LogP contribution in [0.25, 0.3) is 0 Å². The van der Waals surface area contributed by atoms with E-state index in [0.717, 1.165) is 32.1 Å². The van der Waals surface area contributed by atoms with Crippen LogP contribution >= 0.6 is 15.9 Å². The van der Waals surface area contributed by atoms with E-state index in [2.05, 4.69) is 67.6 Å². The molecule has 0 radical (unpaired) electrons. The maximum absolute atomic E-state index is 13.6. The third-order valence-corrected chi connectivity index (χ3v) is 8.17. The molecule has 4 fully saturated rings. The Bertz CT molecular complexity index is 1150. The van der Waals surface area contributed by atoms with E-state index in [-0.39, 0.29) is 16.9 Å². The molecular weight excluding hydrogens is 468 g/mol. The Labute approximate surface area is 195 Å². The van der Waals surface area contributed by atoms with Gasteiger partial charge in [-0.3, -0.25) is 9.48 Å². The number of aromatic nitrogens is 5. The molecule has 2 atom stereocenters. The molecule has 4 bridgehead atoms. The Morgan fingerprint density at radius 3 is 2.56 bits per heavy atom. The molecule has 2 heterocycles. The Morgan fingerprint density at radius 2 is 1.88 bits per heavy atom. The molecule has 0 spiro atoms. The number of hydrogen-bond acceptors (Lipinski definition) is 4. The molecule has 8 heteroatoms. The van der Waals surface area contributed by atoms with Crippen molar-refractivity contribution in [3.05, 3.63) is 58.7 Å². The van der Waals surface area contributed by atoms with Crippen LogP contribution in [0.15, 0.2) is 47.6 Å². The van der Waals surface area contributed by atoms with E-state index in [4.69, 9.17) is 0 Å². The van der Waals surface area contributed by atoms with Crippen molar-refractivity contribution in [3.63, 3.8) is 0 Å². The van der Waals surface area contributed by atoms with Crippen LogP contribution in [0.1, 0.15) is 49.7 Å². The first-order valence-electron chi connectivity index (χ1n) is 11.4. The molecule has 1 aromatic carbocycles. The number of halogens is 1. The summed E-state index contributed by atoms with van der Waals surface area (Å²) < 4.78 is 4.53. The lowest BCUT2D eigenvalue weighted by molar-refractivity contribution is -0.150. The van der Waals surface area contributed by atoms with E-state index < -0.39 is 0 Å². The van der Waals surface area contributed by atoms with E-state index >= 15 is 0 Å². The standard InChI is InChI=1S/C24H27BrN6O/c1-16-2-4-17(5-3-16)13-30-7-6-20(28-30)27-21(32)23-9-18-8-19(10-23)12-24(11-18,14-23)31-15-26-22(25)29-31/h2-7,15,18-19H,8-14H2,1H3,(H,27,28,32). The average molecular weight is 495 g/mol. The number of anilines is 1. The van der Waals surface area contributed by atoms with Gasteiger partial charge in [-0.2, -0.15) is 5.10 Å².